The number of rotatable bonds is 6. The lowest BCUT2D eigenvalue weighted by Gasteiger charge is -1.89. The molecule has 0 bridgehead atoms. The fourth-order valence-electron chi connectivity index (χ4n) is 0.834. The lowest BCUT2D eigenvalue weighted by atomic mass is 10.4. The van der Waals surface area contributed by atoms with Gasteiger partial charge < -0.3 is 19.7 Å². The molecular formula is C16H32O8. The molecule has 0 rings (SSSR count). The minimum atomic E-state index is -0.711. The molecule has 0 atom stereocenters. The number of aliphatic carboxylic acids is 2. The Morgan fingerprint density at radius 2 is 0.917 bits per heavy atom. The molecule has 0 saturated carbocycles. The van der Waals surface area contributed by atoms with Gasteiger partial charge in [-0.25, -0.2) is 0 Å². The highest BCUT2D eigenvalue weighted by Gasteiger charge is 1.88. The lowest BCUT2D eigenvalue weighted by molar-refractivity contribution is -0.141. The van der Waals surface area contributed by atoms with Crippen LogP contribution in [0.15, 0.2) is 0 Å². The number of carbonyl (C=O) groups is 4. The predicted molar refractivity (Wildman–Crippen MR) is 89.7 cm³/mol. The van der Waals surface area contributed by atoms with E-state index in [1.54, 1.807) is 13.8 Å². The molecule has 0 spiro atoms. The second-order valence-electron chi connectivity index (χ2n) is 4.14. The zero-order valence-corrected chi connectivity index (χ0v) is 15.6. The van der Waals surface area contributed by atoms with E-state index >= 15 is 0 Å². The molecule has 0 radical (unpaired) electrons. The third-order valence-corrected chi connectivity index (χ3v) is 1.62. The van der Waals surface area contributed by atoms with Gasteiger partial charge in [0.05, 0.1) is 13.2 Å². The molecule has 0 aromatic carbocycles. The monoisotopic (exact) mass is 352 g/mol. The molecule has 0 unspecified atom stereocenters. The van der Waals surface area contributed by atoms with Crippen LogP contribution in [0.5, 0.6) is 0 Å². The molecule has 0 fully saturated rings. The van der Waals surface area contributed by atoms with Crippen molar-refractivity contribution in [3.05, 3.63) is 0 Å². The molecule has 8 nitrogen and oxygen atoms in total. The average Bonchev–Trinajstić information content (AvgIpc) is 2.39. The molecule has 0 aliphatic carbocycles. The molecule has 2 N–H and O–H groups in total. The zero-order valence-electron chi connectivity index (χ0n) is 15.6. The Morgan fingerprint density at radius 1 is 0.667 bits per heavy atom. The van der Waals surface area contributed by atoms with E-state index in [1.165, 1.54) is 13.8 Å². The summed E-state index contributed by atoms with van der Waals surface area (Å²) < 4.78 is 8.81. The van der Waals surface area contributed by atoms with E-state index in [4.69, 9.17) is 10.2 Å². The van der Waals surface area contributed by atoms with Gasteiger partial charge in [0.2, 0.25) is 0 Å². The minimum Gasteiger partial charge on any atom is -0.481 e. The van der Waals surface area contributed by atoms with Crippen molar-refractivity contribution in [1.29, 1.82) is 0 Å². The summed E-state index contributed by atoms with van der Waals surface area (Å²) in [6.07, 6.45) is 2.05. The highest BCUT2D eigenvalue weighted by Crippen LogP contribution is 1.82. The Bertz CT molecular complexity index is 262. The van der Waals surface area contributed by atoms with Crippen LogP contribution in [-0.2, 0) is 28.7 Å². The number of esters is 2. The first-order valence-electron chi connectivity index (χ1n) is 7.78. The first kappa shape index (κ1) is 29.8. The van der Waals surface area contributed by atoms with Crippen molar-refractivity contribution >= 4 is 23.9 Å². The van der Waals surface area contributed by atoms with Crippen LogP contribution in [0.4, 0.5) is 0 Å². The minimum absolute atomic E-state index is 0.211. The van der Waals surface area contributed by atoms with E-state index in [-0.39, 0.29) is 11.9 Å². The van der Waals surface area contributed by atoms with Gasteiger partial charge in [0.15, 0.2) is 0 Å². The number of carboxylic acid groups (broad SMARTS) is 2. The van der Waals surface area contributed by atoms with E-state index in [0.29, 0.717) is 26.1 Å². The SMILES string of the molecule is CCCC(=O)O.CCCC(=O)O.CCOC(C)=O.CCOC(C)=O. The van der Waals surface area contributed by atoms with Crippen LogP contribution in [-0.4, -0.2) is 47.3 Å². The maximum Gasteiger partial charge on any atom is 0.303 e. The topological polar surface area (TPSA) is 127 Å². The summed E-state index contributed by atoms with van der Waals surface area (Å²) in [5.41, 5.74) is 0. The molecule has 24 heavy (non-hydrogen) atoms. The van der Waals surface area contributed by atoms with Gasteiger partial charge >= 0.3 is 23.9 Å². The Balaban J connectivity index is -0.000000111. The highest BCUT2D eigenvalue weighted by molar-refractivity contribution is 5.67. The first-order valence-corrected chi connectivity index (χ1v) is 7.78. The van der Waals surface area contributed by atoms with Crippen molar-refractivity contribution in [3.8, 4) is 0 Å². The summed E-state index contributed by atoms with van der Waals surface area (Å²) in [6.45, 7) is 11.0. The molecule has 8 heteroatoms. The Morgan fingerprint density at radius 3 is 0.917 bits per heavy atom. The Labute approximate surface area is 144 Å². The van der Waals surface area contributed by atoms with E-state index in [1.807, 2.05) is 13.8 Å². The maximum absolute atomic E-state index is 9.82. The van der Waals surface area contributed by atoms with Crippen LogP contribution < -0.4 is 0 Å². The van der Waals surface area contributed by atoms with Gasteiger partial charge in [-0.05, 0) is 26.7 Å². The van der Waals surface area contributed by atoms with Crippen LogP contribution in [0.3, 0.4) is 0 Å². The predicted octanol–water partition coefficient (Wildman–Crippen LogP) is 2.88. The summed E-state index contributed by atoms with van der Waals surface area (Å²) in [5.74, 6) is -1.84. The number of hydrogen-bond acceptors (Lipinski definition) is 6. The second-order valence-corrected chi connectivity index (χ2v) is 4.14. The third kappa shape index (κ3) is 72.6. The summed E-state index contributed by atoms with van der Waals surface area (Å²) in [6, 6.07) is 0. The smallest absolute Gasteiger partial charge is 0.303 e. The van der Waals surface area contributed by atoms with Crippen molar-refractivity contribution in [3.63, 3.8) is 0 Å². The summed E-state index contributed by atoms with van der Waals surface area (Å²) in [4.78, 5) is 38.8. The van der Waals surface area contributed by atoms with Crippen molar-refractivity contribution in [2.75, 3.05) is 13.2 Å². The van der Waals surface area contributed by atoms with E-state index in [9.17, 15) is 19.2 Å². The zero-order chi connectivity index (χ0) is 20.0. The first-order chi connectivity index (χ1) is 11.1. The second kappa shape index (κ2) is 25.8. The Kier molecular flexibility index (Phi) is 32.1. The van der Waals surface area contributed by atoms with Gasteiger partial charge in [0, 0.05) is 26.7 Å². The molecule has 0 aromatic rings. The van der Waals surface area contributed by atoms with Gasteiger partial charge in [-0.3, -0.25) is 19.2 Å². The molecule has 0 saturated heterocycles. The molecule has 0 aliphatic heterocycles. The normalized spacial score (nSPS) is 7.92. The standard InChI is InChI=1S/4C4H8O2/c2*1-3-6-4(2)5;2*1-2-3-4(5)6/h2*3H2,1-2H3;2*2-3H2,1H3,(H,5,6). The van der Waals surface area contributed by atoms with Crippen LogP contribution in [0.1, 0.15) is 67.2 Å². The molecule has 0 heterocycles. The van der Waals surface area contributed by atoms with Crippen molar-refractivity contribution in [1.82, 2.24) is 0 Å². The van der Waals surface area contributed by atoms with Crippen LogP contribution >= 0.6 is 0 Å². The van der Waals surface area contributed by atoms with E-state index in [0.717, 1.165) is 12.8 Å². The number of ether oxygens (including phenoxy) is 2. The molecule has 0 aliphatic rings. The molecule has 0 aromatic heterocycles. The summed E-state index contributed by atoms with van der Waals surface area (Å²) in [5, 5.41) is 15.8. The van der Waals surface area contributed by atoms with Crippen molar-refractivity contribution in [2.24, 2.45) is 0 Å². The van der Waals surface area contributed by atoms with Gasteiger partial charge in [-0.2, -0.15) is 0 Å². The third-order valence-electron chi connectivity index (χ3n) is 1.62. The van der Waals surface area contributed by atoms with E-state index in [2.05, 4.69) is 9.47 Å². The maximum atomic E-state index is 9.82. The summed E-state index contributed by atoms with van der Waals surface area (Å²) in [7, 11) is 0. The lowest BCUT2D eigenvalue weighted by Crippen LogP contribution is -1.95. The summed E-state index contributed by atoms with van der Waals surface area (Å²) >= 11 is 0. The van der Waals surface area contributed by atoms with Crippen LogP contribution in [0.2, 0.25) is 0 Å². The highest BCUT2D eigenvalue weighted by atomic mass is 16.5. The fourth-order valence-corrected chi connectivity index (χ4v) is 0.834. The largest absolute Gasteiger partial charge is 0.481 e. The molecule has 0 amide bonds. The quantitative estimate of drug-likeness (QED) is 0.698. The molecular weight excluding hydrogens is 320 g/mol. The van der Waals surface area contributed by atoms with Crippen LogP contribution in [0.25, 0.3) is 0 Å². The Hall–Kier alpha value is -2.12. The van der Waals surface area contributed by atoms with Gasteiger partial charge in [0.25, 0.3) is 0 Å². The van der Waals surface area contributed by atoms with Gasteiger partial charge in [0.1, 0.15) is 0 Å². The van der Waals surface area contributed by atoms with Gasteiger partial charge in [-0.15, -0.1) is 0 Å². The van der Waals surface area contributed by atoms with Gasteiger partial charge in [-0.1, -0.05) is 13.8 Å². The average molecular weight is 352 g/mol. The number of carbonyl (C=O) groups excluding carboxylic acids is 2. The van der Waals surface area contributed by atoms with Crippen molar-refractivity contribution < 1.29 is 38.9 Å². The number of carboxylic acids is 2. The van der Waals surface area contributed by atoms with Crippen molar-refractivity contribution in [2.45, 2.75) is 67.2 Å². The van der Waals surface area contributed by atoms with E-state index < -0.39 is 11.9 Å². The fraction of sp³-hybridized carbons (Fsp3) is 0.750. The molecule has 144 valence electrons. The number of hydrogen-bond donors (Lipinski definition) is 2. The van der Waals surface area contributed by atoms with Crippen LogP contribution in [0, 0.1) is 0 Å².